The Morgan fingerprint density at radius 3 is 2.92 bits per heavy atom. The standard InChI is InChI=1S/C7H5N5/c8-3-5-4-10-12-7(5)6-1-2-9-11-6/h1-2,4H,(H,9,11)(H,10,12). The Labute approximate surface area is 68.0 Å². The van der Waals surface area contributed by atoms with Crippen LogP contribution in [-0.4, -0.2) is 20.4 Å². The van der Waals surface area contributed by atoms with Crippen molar-refractivity contribution in [1.82, 2.24) is 20.4 Å². The van der Waals surface area contributed by atoms with Crippen LogP contribution in [0.3, 0.4) is 0 Å². The van der Waals surface area contributed by atoms with E-state index in [-0.39, 0.29) is 0 Å². The van der Waals surface area contributed by atoms with Crippen LogP contribution >= 0.6 is 0 Å². The molecule has 0 saturated heterocycles. The Morgan fingerprint density at radius 2 is 2.25 bits per heavy atom. The van der Waals surface area contributed by atoms with Gasteiger partial charge in [-0.25, -0.2) is 0 Å². The van der Waals surface area contributed by atoms with Crippen LogP contribution < -0.4 is 0 Å². The number of nitriles is 1. The fourth-order valence-corrected chi connectivity index (χ4v) is 0.971. The Morgan fingerprint density at radius 1 is 1.33 bits per heavy atom. The van der Waals surface area contributed by atoms with E-state index in [2.05, 4.69) is 20.4 Å². The van der Waals surface area contributed by atoms with E-state index in [1.807, 2.05) is 6.07 Å². The molecular weight excluding hydrogens is 154 g/mol. The van der Waals surface area contributed by atoms with Gasteiger partial charge in [-0.3, -0.25) is 10.2 Å². The number of nitrogens with zero attached hydrogens (tertiary/aromatic N) is 3. The number of hydrogen-bond donors (Lipinski definition) is 2. The first-order valence-corrected chi connectivity index (χ1v) is 3.35. The van der Waals surface area contributed by atoms with Gasteiger partial charge in [0, 0.05) is 6.20 Å². The fraction of sp³-hybridized carbons (Fsp3) is 0. The maximum atomic E-state index is 8.66. The van der Waals surface area contributed by atoms with Crippen LogP contribution in [0.15, 0.2) is 18.5 Å². The molecule has 0 aliphatic heterocycles. The largest absolute Gasteiger partial charge is 0.276 e. The van der Waals surface area contributed by atoms with Crippen molar-refractivity contribution >= 4 is 0 Å². The van der Waals surface area contributed by atoms with Crippen molar-refractivity contribution in [3.63, 3.8) is 0 Å². The monoisotopic (exact) mass is 159 g/mol. The van der Waals surface area contributed by atoms with Crippen molar-refractivity contribution in [1.29, 1.82) is 5.26 Å². The molecule has 0 aliphatic carbocycles. The third-order valence-electron chi connectivity index (χ3n) is 1.53. The molecule has 5 heteroatoms. The van der Waals surface area contributed by atoms with Crippen molar-refractivity contribution < 1.29 is 0 Å². The molecule has 0 saturated carbocycles. The van der Waals surface area contributed by atoms with Crippen LogP contribution in [0.5, 0.6) is 0 Å². The average Bonchev–Trinajstić information content (AvgIpc) is 2.74. The van der Waals surface area contributed by atoms with Crippen molar-refractivity contribution in [2.24, 2.45) is 0 Å². The third kappa shape index (κ3) is 0.864. The predicted octanol–water partition coefficient (Wildman–Crippen LogP) is 0.671. The molecule has 2 heterocycles. The number of H-pyrrole nitrogens is 2. The van der Waals surface area contributed by atoms with Gasteiger partial charge < -0.3 is 0 Å². The molecule has 0 unspecified atom stereocenters. The third-order valence-corrected chi connectivity index (χ3v) is 1.53. The first kappa shape index (κ1) is 6.61. The van der Waals surface area contributed by atoms with Crippen molar-refractivity contribution in [3.8, 4) is 17.5 Å². The maximum absolute atomic E-state index is 8.66. The number of aromatic nitrogens is 4. The van der Waals surface area contributed by atoms with Crippen LogP contribution in [0.25, 0.3) is 11.4 Å². The number of aromatic amines is 2. The quantitative estimate of drug-likeness (QED) is 0.641. The Hall–Kier alpha value is -2.09. The van der Waals surface area contributed by atoms with Gasteiger partial charge in [0.25, 0.3) is 0 Å². The van der Waals surface area contributed by atoms with Crippen LogP contribution in [-0.2, 0) is 0 Å². The highest BCUT2D eigenvalue weighted by Crippen LogP contribution is 2.16. The minimum atomic E-state index is 0.513. The minimum Gasteiger partial charge on any atom is -0.276 e. The van der Waals surface area contributed by atoms with E-state index < -0.39 is 0 Å². The predicted molar refractivity (Wildman–Crippen MR) is 40.9 cm³/mol. The van der Waals surface area contributed by atoms with Crippen LogP contribution in [0.4, 0.5) is 0 Å². The van der Waals surface area contributed by atoms with Gasteiger partial charge in [-0.05, 0) is 6.07 Å². The zero-order valence-electron chi connectivity index (χ0n) is 6.07. The van der Waals surface area contributed by atoms with Gasteiger partial charge >= 0.3 is 0 Å². The van der Waals surface area contributed by atoms with Gasteiger partial charge in [0.05, 0.1) is 17.5 Å². The number of hydrogen-bond acceptors (Lipinski definition) is 3. The highest BCUT2D eigenvalue weighted by atomic mass is 15.2. The van der Waals surface area contributed by atoms with E-state index in [0.717, 1.165) is 5.69 Å². The molecular formula is C7H5N5. The summed E-state index contributed by atoms with van der Waals surface area (Å²) in [6, 6.07) is 3.79. The molecule has 58 valence electrons. The lowest BCUT2D eigenvalue weighted by Gasteiger charge is -1.89. The maximum Gasteiger partial charge on any atom is 0.103 e. The van der Waals surface area contributed by atoms with E-state index >= 15 is 0 Å². The lowest BCUT2D eigenvalue weighted by molar-refractivity contribution is 1.06. The topological polar surface area (TPSA) is 81.2 Å². The molecule has 0 amide bonds. The summed E-state index contributed by atoms with van der Waals surface area (Å²) < 4.78 is 0. The molecule has 2 N–H and O–H groups in total. The molecule has 2 rings (SSSR count). The molecule has 2 aromatic rings. The summed E-state index contributed by atoms with van der Waals surface area (Å²) in [7, 11) is 0. The Bertz CT molecular complexity index is 405. The summed E-state index contributed by atoms with van der Waals surface area (Å²) in [5.41, 5.74) is 1.96. The normalized spacial score (nSPS) is 9.58. The van der Waals surface area contributed by atoms with Crippen LogP contribution in [0.1, 0.15) is 5.56 Å². The van der Waals surface area contributed by atoms with Crippen molar-refractivity contribution in [2.75, 3.05) is 0 Å². The lowest BCUT2D eigenvalue weighted by Crippen LogP contribution is -1.81. The van der Waals surface area contributed by atoms with Gasteiger partial charge in [0.15, 0.2) is 0 Å². The van der Waals surface area contributed by atoms with Crippen molar-refractivity contribution in [3.05, 3.63) is 24.0 Å². The van der Waals surface area contributed by atoms with Crippen LogP contribution in [0.2, 0.25) is 0 Å². The van der Waals surface area contributed by atoms with Gasteiger partial charge in [-0.2, -0.15) is 15.5 Å². The van der Waals surface area contributed by atoms with Gasteiger partial charge in [-0.1, -0.05) is 0 Å². The second-order valence-electron chi connectivity index (χ2n) is 2.24. The molecule has 0 bridgehead atoms. The number of nitrogens with one attached hydrogen (secondary N) is 2. The molecule has 2 aromatic heterocycles. The smallest absolute Gasteiger partial charge is 0.103 e. The number of rotatable bonds is 1. The fourth-order valence-electron chi connectivity index (χ4n) is 0.971. The molecule has 0 aliphatic rings. The zero-order chi connectivity index (χ0) is 8.39. The summed E-state index contributed by atoms with van der Waals surface area (Å²) in [4.78, 5) is 0. The van der Waals surface area contributed by atoms with E-state index in [9.17, 15) is 0 Å². The van der Waals surface area contributed by atoms with Gasteiger partial charge in [0.1, 0.15) is 11.8 Å². The molecule has 0 fully saturated rings. The Balaban J connectivity index is 2.55. The second-order valence-corrected chi connectivity index (χ2v) is 2.24. The first-order valence-electron chi connectivity index (χ1n) is 3.35. The molecule has 0 radical (unpaired) electrons. The second kappa shape index (κ2) is 2.51. The molecule has 0 aromatic carbocycles. The summed E-state index contributed by atoms with van der Waals surface area (Å²) in [6.07, 6.45) is 3.10. The van der Waals surface area contributed by atoms with E-state index in [1.54, 1.807) is 12.3 Å². The molecule has 0 atom stereocenters. The lowest BCUT2D eigenvalue weighted by atomic mass is 10.2. The van der Waals surface area contributed by atoms with Gasteiger partial charge in [0.2, 0.25) is 0 Å². The van der Waals surface area contributed by atoms with E-state index in [0.29, 0.717) is 11.3 Å². The highest BCUT2D eigenvalue weighted by Gasteiger charge is 2.06. The average molecular weight is 159 g/mol. The minimum absolute atomic E-state index is 0.513. The summed E-state index contributed by atoms with van der Waals surface area (Å²) in [5, 5.41) is 21.6. The van der Waals surface area contributed by atoms with Gasteiger partial charge in [-0.15, -0.1) is 0 Å². The summed E-state index contributed by atoms with van der Waals surface area (Å²) in [5.74, 6) is 0. The highest BCUT2D eigenvalue weighted by molar-refractivity contribution is 5.61. The summed E-state index contributed by atoms with van der Waals surface area (Å²) in [6.45, 7) is 0. The molecule has 12 heavy (non-hydrogen) atoms. The van der Waals surface area contributed by atoms with Crippen molar-refractivity contribution in [2.45, 2.75) is 0 Å². The zero-order valence-corrected chi connectivity index (χ0v) is 6.07. The summed E-state index contributed by atoms with van der Waals surface area (Å²) >= 11 is 0. The molecule has 5 nitrogen and oxygen atoms in total. The van der Waals surface area contributed by atoms with E-state index in [1.165, 1.54) is 6.20 Å². The van der Waals surface area contributed by atoms with Crippen LogP contribution in [0, 0.1) is 11.3 Å². The SMILES string of the molecule is N#Cc1cn[nH]c1-c1ccn[nH]1. The molecule has 0 spiro atoms. The first-order chi connectivity index (χ1) is 5.92. The van der Waals surface area contributed by atoms with E-state index in [4.69, 9.17) is 5.26 Å². The Kier molecular flexibility index (Phi) is 1.38.